The molecule has 0 atom stereocenters. The molecular formula is C11H9O. The molecule has 2 aromatic carbocycles. The van der Waals surface area contributed by atoms with Crippen LogP contribution >= 0.6 is 0 Å². The number of hydrogen-bond donors (Lipinski definition) is 0. The van der Waals surface area contributed by atoms with Gasteiger partial charge >= 0.3 is 0 Å². The largest absolute Gasteiger partial charge is 0.290 e. The van der Waals surface area contributed by atoms with Gasteiger partial charge in [0, 0.05) is 0 Å². The van der Waals surface area contributed by atoms with Crippen molar-refractivity contribution >= 4 is 10.8 Å². The van der Waals surface area contributed by atoms with E-state index in [0.29, 0.717) is 0 Å². The maximum absolute atomic E-state index is 11.0. The number of benzene rings is 2. The van der Waals surface area contributed by atoms with Crippen LogP contribution in [-0.2, 0) is 5.11 Å². The maximum atomic E-state index is 11.0. The van der Waals surface area contributed by atoms with Crippen LogP contribution in [0.5, 0.6) is 5.75 Å². The van der Waals surface area contributed by atoms with Gasteiger partial charge in [-0.15, -0.1) is 0 Å². The van der Waals surface area contributed by atoms with E-state index < -0.39 is 0 Å². The van der Waals surface area contributed by atoms with Crippen molar-refractivity contribution < 1.29 is 5.11 Å². The van der Waals surface area contributed by atoms with Gasteiger partial charge in [-0.2, -0.15) is 0 Å². The van der Waals surface area contributed by atoms with Crippen molar-refractivity contribution in [2.45, 2.75) is 6.92 Å². The molecule has 0 aliphatic rings. The zero-order valence-corrected chi connectivity index (χ0v) is 6.87. The molecule has 0 aliphatic heterocycles. The Bertz CT molecular complexity index is 382. The van der Waals surface area contributed by atoms with E-state index in [2.05, 4.69) is 0 Å². The minimum atomic E-state index is 0.0769. The fraction of sp³-hybridized carbons (Fsp3) is 0.0909. The zero-order chi connectivity index (χ0) is 8.55. The van der Waals surface area contributed by atoms with E-state index in [1.807, 2.05) is 31.2 Å². The summed E-state index contributed by atoms with van der Waals surface area (Å²) in [6, 6.07) is 11.2. The highest BCUT2D eigenvalue weighted by molar-refractivity contribution is 5.84. The van der Waals surface area contributed by atoms with Crippen LogP contribution < -0.4 is 0 Å². The van der Waals surface area contributed by atoms with Gasteiger partial charge in [-0.1, -0.05) is 29.8 Å². The van der Waals surface area contributed by atoms with Crippen LogP contribution in [0.4, 0.5) is 0 Å². The molecule has 59 valence electrons. The van der Waals surface area contributed by atoms with E-state index in [-0.39, 0.29) is 5.75 Å². The molecule has 0 bridgehead atoms. The number of rotatable bonds is 0. The van der Waals surface area contributed by atoms with Gasteiger partial charge < -0.3 is 0 Å². The lowest BCUT2D eigenvalue weighted by Crippen LogP contribution is -1.74. The third-order valence-corrected chi connectivity index (χ3v) is 1.97. The summed E-state index contributed by atoms with van der Waals surface area (Å²) in [6.07, 6.45) is 0. The average molecular weight is 157 g/mol. The smallest absolute Gasteiger partial charge is 0.179 e. The lowest BCUT2D eigenvalue weighted by molar-refractivity contribution is 0.355. The first-order chi connectivity index (χ1) is 5.75. The van der Waals surface area contributed by atoms with Crippen LogP contribution in [0.2, 0.25) is 0 Å². The summed E-state index contributed by atoms with van der Waals surface area (Å²) in [7, 11) is 0. The average Bonchev–Trinajstić information content (AvgIpc) is 2.03. The van der Waals surface area contributed by atoms with Crippen LogP contribution in [0, 0.1) is 6.92 Å². The maximum Gasteiger partial charge on any atom is 0.179 e. The van der Waals surface area contributed by atoms with E-state index in [4.69, 9.17) is 0 Å². The molecule has 0 N–H and O–H groups in total. The highest BCUT2D eigenvalue weighted by Crippen LogP contribution is 2.20. The topological polar surface area (TPSA) is 19.9 Å². The molecule has 1 nitrogen and oxygen atoms in total. The summed E-state index contributed by atoms with van der Waals surface area (Å²) >= 11 is 0. The molecule has 0 aromatic heterocycles. The van der Waals surface area contributed by atoms with E-state index in [0.717, 1.165) is 10.8 Å². The van der Waals surface area contributed by atoms with Crippen molar-refractivity contribution in [2.24, 2.45) is 0 Å². The van der Waals surface area contributed by atoms with Crippen LogP contribution in [-0.4, -0.2) is 0 Å². The third-order valence-electron chi connectivity index (χ3n) is 1.97. The van der Waals surface area contributed by atoms with E-state index in [1.54, 1.807) is 12.1 Å². The summed E-state index contributed by atoms with van der Waals surface area (Å²) in [6.45, 7) is 2.02. The van der Waals surface area contributed by atoms with E-state index in [1.165, 1.54) is 5.56 Å². The molecule has 1 radical (unpaired) electrons. The minimum absolute atomic E-state index is 0.0769. The molecule has 0 spiro atoms. The fourth-order valence-electron chi connectivity index (χ4n) is 1.34. The lowest BCUT2D eigenvalue weighted by atomic mass is 10.1. The Hall–Kier alpha value is -1.50. The molecular weight excluding hydrogens is 148 g/mol. The fourth-order valence-corrected chi connectivity index (χ4v) is 1.34. The van der Waals surface area contributed by atoms with Crippen molar-refractivity contribution in [3.63, 3.8) is 0 Å². The highest BCUT2D eigenvalue weighted by atomic mass is 16.3. The second kappa shape index (κ2) is 2.52. The van der Waals surface area contributed by atoms with Gasteiger partial charge in [-0.05, 0) is 29.8 Å². The summed E-state index contributed by atoms with van der Waals surface area (Å²) in [5.74, 6) is 0.0769. The predicted molar refractivity (Wildman–Crippen MR) is 48.8 cm³/mol. The van der Waals surface area contributed by atoms with Crippen LogP contribution in [0.15, 0.2) is 36.4 Å². The van der Waals surface area contributed by atoms with Gasteiger partial charge in [-0.25, -0.2) is 0 Å². The number of fused-ring (bicyclic) bond motifs is 1. The molecule has 0 saturated heterocycles. The third kappa shape index (κ3) is 1.14. The standard InChI is InChI=1S/C11H9O/c1-8-2-3-9-4-5-11(12)7-10(9)6-8/h2-7H,1H3. The second-order valence-electron chi connectivity index (χ2n) is 3.01. The normalized spacial score (nSPS) is 10.4. The monoisotopic (exact) mass is 157 g/mol. The van der Waals surface area contributed by atoms with Crippen molar-refractivity contribution in [3.8, 4) is 5.75 Å². The van der Waals surface area contributed by atoms with Gasteiger partial charge in [0.05, 0.1) is 0 Å². The van der Waals surface area contributed by atoms with Gasteiger partial charge in [0.25, 0.3) is 0 Å². The van der Waals surface area contributed by atoms with Crippen LogP contribution in [0.25, 0.3) is 10.8 Å². The zero-order valence-electron chi connectivity index (χ0n) is 6.87. The van der Waals surface area contributed by atoms with E-state index >= 15 is 0 Å². The first-order valence-corrected chi connectivity index (χ1v) is 3.93. The number of hydrogen-bond acceptors (Lipinski definition) is 0. The minimum Gasteiger partial charge on any atom is -0.290 e. The molecule has 0 heterocycles. The Morgan fingerprint density at radius 3 is 2.50 bits per heavy atom. The van der Waals surface area contributed by atoms with Gasteiger partial charge in [0.2, 0.25) is 0 Å². The predicted octanol–water partition coefficient (Wildman–Crippen LogP) is 3.29. The Kier molecular flexibility index (Phi) is 1.51. The lowest BCUT2D eigenvalue weighted by Gasteiger charge is -1.98. The van der Waals surface area contributed by atoms with Crippen molar-refractivity contribution in [1.29, 1.82) is 0 Å². The SMILES string of the molecule is Cc1ccc2ccc([O])cc2c1. The van der Waals surface area contributed by atoms with E-state index in [9.17, 15) is 5.11 Å². The Morgan fingerprint density at radius 1 is 0.917 bits per heavy atom. The Labute approximate surface area is 71.3 Å². The van der Waals surface area contributed by atoms with Crippen LogP contribution in [0.3, 0.4) is 0 Å². The number of aryl methyl sites for hydroxylation is 1. The first kappa shape index (κ1) is 7.17. The van der Waals surface area contributed by atoms with Crippen molar-refractivity contribution in [2.75, 3.05) is 0 Å². The summed E-state index contributed by atoms with van der Waals surface area (Å²) in [4.78, 5) is 0. The second-order valence-corrected chi connectivity index (χ2v) is 3.01. The molecule has 2 rings (SSSR count). The Morgan fingerprint density at radius 2 is 1.67 bits per heavy atom. The van der Waals surface area contributed by atoms with Gasteiger partial charge in [0.1, 0.15) is 0 Å². The highest BCUT2D eigenvalue weighted by Gasteiger charge is 1.95. The molecule has 0 fully saturated rings. The quantitative estimate of drug-likeness (QED) is 0.559. The molecule has 0 saturated carbocycles. The van der Waals surface area contributed by atoms with Crippen molar-refractivity contribution in [1.82, 2.24) is 0 Å². The first-order valence-electron chi connectivity index (χ1n) is 3.93. The van der Waals surface area contributed by atoms with Gasteiger partial charge in [-0.3, -0.25) is 5.11 Å². The Balaban J connectivity index is 2.80. The molecule has 0 aliphatic carbocycles. The molecule has 12 heavy (non-hydrogen) atoms. The molecule has 2 aromatic rings. The van der Waals surface area contributed by atoms with Gasteiger partial charge in [0.15, 0.2) is 5.75 Å². The van der Waals surface area contributed by atoms with Crippen LogP contribution in [0.1, 0.15) is 5.56 Å². The molecule has 1 heteroatoms. The molecule has 0 unspecified atom stereocenters. The molecule has 0 amide bonds. The van der Waals surface area contributed by atoms with Crippen molar-refractivity contribution in [3.05, 3.63) is 42.0 Å². The summed E-state index contributed by atoms with van der Waals surface area (Å²) in [5, 5.41) is 13.2. The summed E-state index contributed by atoms with van der Waals surface area (Å²) < 4.78 is 0. The summed E-state index contributed by atoms with van der Waals surface area (Å²) in [5.41, 5.74) is 1.19.